The van der Waals surface area contributed by atoms with Crippen molar-refractivity contribution in [2.24, 2.45) is 0 Å². The Morgan fingerprint density at radius 1 is 0.246 bits per heavy atom. The molecular formula is C62H41N3. The Balaban J connectivity index is 1.02. The number of hydrogen-bond donors (Lipinski definition) is 0. The third-order valence-electron chi connectivity index (χ3n) is 12.6. The maximum absolute atomic E-state index is 5.29. The molecule has 3 heteroatoms. The summed E-state index contributed by atoms with van der Waals surface area (Å²) < 4.78 is 2.37. The molecule has 2 heterocycles. The van der Waals surface area contributed by atoms with Crippen LogP contribution in [0.5, 0.6) is 0 Å². The minimum atomic E-state index is 0.695. The van der Waals surface area contributed by atoms with Crippen LogP contribution in [0.4, 0.5) is 0 Å². The molecule has 0 unspecified atom stereocenters. The minimum Gasteiger partial charge on any atom is -0.309 e. The lowest BCUT2D eigenvalue weighted by Crippen LogP contribution is -1.97. The van der Waals surface area contributed by atoms with Crippen LogP contribution in [-0.4, -0.2) is 14.5 Å². The predicted octanol–water partition coefficient (Wildman–Crippen LogP) is 16.4. The number of benzene rings is 10. The summed E-state index contributed by atoms with van der Waals surface area (Å²) in [6, 6.07) is 89.0. The smallest absolute Gasteiger partial charge is 0.160 e. The van der Waals surface area contributed by atoms with E-state index >= 15 is 0 Å². The van der Waals surface area contributed by atoms with Gasteiger partial charge in [0.2, 0.25) is 0 Å². The number of rotatable bonds is 8. The monoisotopic (exact) mass is 827 g/mol. The lowest BCUT2D eigenvalue weighted by molar-refractivity contribution is 1.18. The van der Waals surface area contributed by atoms with Gasteiger partial charge in [-0.15, -0.1) is 0 Å². The highest BCUT2D eigenvalue weighted by atomic mass is 15.0. The molecule has 65 heavy (non-hydrogen) atoms. The van der Waals surface area contributed by atoms with Crippen molar-refractivity contribution in [2.45, 2.75) is 0 Å². The van der Waals surface area contributed by atoms with Crippen molar-refractivity contribution in [2.75, 3.05) is 0 Å². The lowest BCUT2D eigenvalue weighted by atomic mass is 9.89. The van der Waals surface area contributed by atoms with Crippen LogP contribution in [0, 0.1) is 0 Å². The summed E-state index contributed by atoms with van der Waals surface area (Å²) >= 11 is 0. The van der Waals surface area contributed by atoms with Gasteiger partial charge in [0.25, 0.3) is 0 Å². The van der Waals surface area contributed by atoms with E-state index in [9.17, 15) is 0 Å². The van der Waals surface area contributed by atoms with Crippen LogP contribution in [0.1, 0.15) is 0 Å². The number of hydrogen-bond acceptors (Lipinski definition) is 2. The molecule has 0 bridgehead atoms. The Labute approximate surface area is 378 Å². The third-order valence-corrected chi connectivity index (χ3v) is 12.6. The first-order valence-electron chi connectivity index (χ1n) is 22.1. The van der Waals surface area contributed by atoms with Crippen molar-refractivity contribution < 1.29 is 0 Å². The highest BCUT2D eigenvalue weighted by Gasteiger charge is 2.18. The second-order valence-electron chi connectivity index (χ2n) is 16.6. The van der Waals surface area contributed by atoms with E-state index in [4.69, 9.17) is 9.97 Å². The van der Waals surface area contributed by atoms with Crippen LogP contribution in [0.3, 0.4) is 0 Å². The largest absolute Gasteiger partial charge is 0.309 e. The molecule has 0 fully saturated rings. The molecule has 0 spiro atoms. The summed E-state index contributed by atoms with van der Waals surface area (Å²) in [7, 11) is 0. The van der Waals surface area contributed by atoms with Gasteiger partial charge in [-0.3, -0.25) is 0 Å². The number of fused-ring (bicyclic) bond motifs is 4. The Kier molecular flexibility index (Phi) is 9.50. The molecule has 0 saturated heterocycles. The molecule has 0 aliphatic heterocycles. The Bertz CT molecular complexity index is 3690. The van der Waals surface area contributed by atoms with E-state index in [0.29, 0.717) is 5.82 Å². The SMILES string of the molecule is c1ccc(-c2cccc(-c3cc(-c4ccc(-c5cc(-c6ccccc6)cc(-c6ccc7c(c6)c6ccccc6n7-c6ccccc6)c5)c5ccccc45)nc(-c4ccccc4)n3)c2)cc1. The average Bonchev–Trinajstić information content (AvgIpc) is 3.73. The van der Waals surface area contributed by atoms with Crippen molar-refractivity contribution in [3.05, 3.63) is 249 Å². The Morgan fingerprint density at radius 2 is 0.723 bits per heavy atom. The zero-order valence-corrected chi connectivity index (χ0v) is 35.5. The number of aromatic nitrogens is 3. The second-order valence-corrected chi connectivity index (χ2v) is 16.6. The van der Waals surface area contributed by atoms with Crippen molar-refractivity contribution in [3.63, 3.8) is 0 Å². The van der Waals surface area contributed by atoms with Crippen molar-refractivity contribution >= 4 is 32.6 Å². The van der Waals surface area contributed by atoms with Crippen LogP contribution in [-0.2, 0) is 0 Å². The zero-order chi connectivity index (χ0) is 43.1. The summed E-state index contributed by atoms with van der Waals surface area (Å²) in [5, 5.41) is 4.76. The minimum absolute atomic E-state index is 0.695. The predicted molar refractivity (Wildman–Crippen MR) is 272 cm³/mol. The van der Waals surface area contributed by atoms with Crippen molar-refractivity contribution in [1.82, 2.24) is 14.5 Å². The molecule has 0 aliphatic carbocycles. The summed E-state index contributed by atoms with van der Waals surface area (Å²) in [5.41, 5.74) is 17.7. The maximum Gasteiger partial charge on any atom is 0.160 e. The molecule has 0 aliphatic rings. The van der Waals surface area contributed by atoms with Crippen LogP contribution >= 0.6 is 0 Å². The molecule has 12 rings (SSSR count). The molecule has 0 saturated carbocycles. The zero-order valence-electron chi connectivity index (χ0n) is 35.5. The fraction of sp³-hybridized carbons (Fsp3) is 0. The molecule has 10 aromatic carbocycles. The number of para-hydroxylation sites is 2. The quantitative estimate of drug-likeness (QED) is 0.153. The van der Waals surface area contributed by atoms with E-state index in [1.807, 2.05) is 18.2 Å². The van der Waals surface area contributed by atoms with Gasteiger partial charge in [-0.2, -0.15) is 0 Å². The van der Waals surface area contributed by atoms with E-state index in [-0.39, 0.29) is 0 Å². The molecule has 2 aromatic heterocycles. The highest BCUT2D eigenvalue weighted by Crippen LogP contribution is 2.41. The Hall–Kier alpha value is -8.66. The third kappa shape index (κ3) is 7.06. The molecule has 12 aromatic rings. The normalized spacial score (nSPS) is 11.4. The molecule has 0 N–H and O–H groups in total. The van der Waals surface area contributed by atoms with Crippen LogP contribution in [0.25, 0.3) is 117 Å². The second kappa shape index (κ2) is 16.2. The van der Waals surface area contributed by atoms with Gasteiger partial charge < -0.3 is 4.57 Å². The van der Waals surface area contributed by atoms with E-state index in [1.54, 1.807) is 0 Å². The van der Waals surface area contributed by atoms with Crippen molar-refractivity contribution in [1.29, 1.82) is 0 Å². The molecular weight excluding hydrogens is 787 g/mol. The molecule has 0 amide bonds. The summed E-state index contributed by atoms with van der Waals surface area (Å²) in [5.74, 6) is 0.695. The molecule has 0 radical (unpaired) electrons. The van der Waals surface area contributed by atoms with E-state index in [1.165, 1.54) is 55.2 Å². The van der Waals surface area contributed by atoms with Crippen LogP contribution in [0.15, 0.2) is 249 Å². The number of nitrogens with zero attached hydrogens (tertiary/aromatic N) is 3. The van der Waals surface area contributed by atoms with E-state index in [2.05, 4.69) is 235 Å². The molecule has 0 atom stereocenters. The van der Waals surface area contributed by atoms with Gasteiger partial charge in [0, 0.05) is 33.2 Å². The topological polar surface area (TPSA) is 30.7 Å². The van der Waals surface area contributed by atoms with Gasteiger partial charge in [-0.1, -0.05) is 188 Å². The van der Waals surface area contributed by atoms with E-state index < -0.39 is 0 Å². The first kappa shape index (κ1) is 38.0. The standard InChI is InChI=1S/C62H41N3/c1-5-18-42(19-6-1)45-24-17-25-47(36-45)58-41-59(64-62(63-58)44-22-9-3-10-23-44)55-34-33-52(53-28-13-14-29-54(53)55)50-38-48(43-20-7-2-8-21-43)37-49(39-50)46-32-35-61-57(40-46)56-30-15-16-31-60(56)65(61)51-26-11-4-12-27-51/h1-41H. The first-order valence-corrected chi connectivity index (χ1v) is 22.1. The van der Waals surface area contributed by atoms with Gasteiger partial charge in [-0.05, 0) is 116 Å². The summed E-state index contributed by atoms with van der Waals surface area (Å²) in [4.78, 5) is 10.5. The van der Waals surface area contributed by atoms with Crippen LogP contribution < -0.4 is 0 Å². The van der Waals surface area contributed by atoms with Gasteiger partial charge in [0.05, 0.1) is 22.4 Å². The van der Waals surface area contributed by atoms with Gasteiger partial charge in [-0.25, -0.2) is 9.97 Å². The fourth-order valence-electron chi connectivity index (χ4n) is 9.47. The maximum atomic E-state index is 5.29. The first-order chi connectivity index (χ1) is 32.2. The lowest BCUT2D eigenvalue weighted by Gasteiger charge is -2.16. The molecule has 304 valence electrons. The average molecular weight is 828 g/mol. The van der Waals surface area contributed by atoms with Crippen molar-refractivity contribution in [3.8, 4) is 84.1 Å². The summed E-state index contributed by atoms with van der Waals surface area (Å²) in [6.45, 7) is 0. The van der Waals surface area contributed by atoms with Gasteiger partial charge >= 0.3 is 0 Å². The fourth-order valence-corrected chi connectivity index (χ4v) is 9.47. The highest BCUT2D eigenvalue weighted by molar-refractivity contribution is 6.11. The van der Waals surface area contributed by atoms with Crippen LogP contribution in [0.2, 0.25) is 0 Å². The van der Waals surface area contributed by atoms with Gasteiger partial charge in [0.1, 0.15) is 0 Å². The van der Waals surface area contributed by atoms with E-state index in [0.717, 1.165) is 55.7 Å². The Morgan fingerprint density at radius 3 is 1.45 bits per heavy atom. The summed E-state index contributed by atoms with van der Waals surface area (Å²) in [6.07, 6.45) is 0. The molecule has 3 nitrogen and oxygen atoms in total. The van der Waals surface area contributed by atoms with Gasteiger partial charge in [0.15, 0.2) is 5.82 Å².